The number of hydrogen-bond donors (Lipinski definition) is 0. The minimum Gasteiger partial charge on any atom is -0.343 e. The molecular formula is C28H36F3N3O3S. The standard InChI is InChI=1S/C28H36F3N3O3S/c1-32(2)27(21-22-9-4-3-5-10-22)14-17-33(18-15-27)26(35)20-24-12-6-7-16-34(24)38(36,37)25-13-8-11-23(19-25)28(29,30)31/h3-5,8-11,13,19,24H,6-7,12,14-18,20-21H2,1-2H3. The van der Waals surface area contributed by atoms with Gasteiger partial charge in [-0.25, -0.2) is 8.42 Å². The number of likely N-dealkylation sites (tertiary alicyclic amines) is 1. The van der Waals surface area contributed by atoms with Crippen LogP contribution in [0.3, 0.4) is 0 Å². The second-order valence-corrected chi connectivity index (χ2v) is 12.5. The Morgan fingerprint density at radius 2 is 1.68 bits per heavy atom. The molecule has 4 rings (SSSR count). The van der Waals surface area contributed by atoms with Gasteiger partial charge in [-0.3, -0.25) is 4.79 Å². The van der Waals surface area contributed by atoms with E-state index in [1.165, 1.54) is 15.9 Å². The maximum Gasteiger partial charge on any atom is 0.416 e. The van der Waals surface area contributed by atoms with Crippen LogP contribution in [0.25, 0.3) is 0 Å². The highest BCUT2D eigenvalue weighted by Gasteiger charge is 2.40. The molecule has 10 heteroatoms. The number of sulfonamides is 1. The average Bonchev–Trinajstić information content (AvgIpc) is 2.89. The Balaban J connectivity index is 1.45. The monoisotopic (exact) mass is 551 g/mol. The van der Waals surface area contributed by atoms with Crippen LogP contribution in [0.5, 0.6) is 0 Å². The van der Waals surface area contributed by atoms with Crippen LogP contribution in [0.1, 0.15) is 49.7 Å². The summed E-state index contributed by atoms with van der Waals surface area (Å²) in [5, 5.41) is 0. The Morgan fingerprint density at radius 3 is 2.32 bits per heavy atom. The summed E-state index contributed by atoms with van der Waals surface area (Å²) in [5.41, 5.74) is 0.178. The molecule has 2 aliphatic rings. The first-order valence-electron chi connectivity index (χ1n) is 13.1. The van der Waals surface area contributed by atoms with E-state index in [2.05, 4.69) is 31.1 Å². The Hall–Kier alpha value is -2.43. The molecule has 0 saturated carbocycles. The first-order valence-corrected chi connectivity index (χ1v) is 14.5. The molecule has 0 bridgehead atoms. The second kappa shape index (κ2) is 11.4. The SMILES string of the molecule is CN(C)C1(Cc2ccccc2)CCN(C(=O)CC2CCCCN2S(=O)(=O)c2cccc(C(F)(F)F)c2)CC1. The van der Waals surface area contributed by atoms with Gasteiger partial charge in [0.1, 0.15) is 0 Å². The zero-order valence-corrected chi connectivity index (χ0v) is 22.8. The van der Waals surface area contributed by atoms with E-state index in [0.717, 1.165) is 37.8 Å². The summed E-state index contributed by atoms with van der Waals surface area (Å²) in [6.07, 6.45) is -0.229. The van der Waals surface area contributed by atoms with Crippen molar-refractivity contribution in [1.82, 2.24) is 14.1 Å². The predicted molar refractivity (Wildman–Crippen MR) is 140 cm³/mol. The third-order valence-corrected chi connectivity index (χ3v) is 10.1. The number of carbonyl (C=O) groups excluding carboxylic acids is 1. The molecule has 1 amide bonds. The van der Waals surface area contributed by atoms with Gasteiger partial charge in [0.2, 0.25) is 15.9 Å². The molecule has 0 aromatic heterocycles. The molecule has 6 nitrogen and oxygen atoms in total. The number of amides is 1. The van der Waals surface area contributed by atoms with Gasteiger partial charge >= 0.3 is 6.18 Å². The van der Waals surface area contributed by atoms with E-state index >= 15 is 0 Å². The molecule has 2 heterocycles. The Labute approximate surface area is 223 Å². The fraction of sp³-hybridized carbons (Fsp3) is 0.536. The largest absolute Gasteiger partial charge is 0.416 e. The van der Waals surface area contributed by atoms with Crippen molar-refractivity contribution < 1.29 is 26.4 Å². The molecule has 2 fully saturated rings. The average molecular weight is 552 g/mol. The van der Waals surface area contributed by atoms with Crippen molar-refractivity contribution in [3.63, 3.8) is 0 Å². The number of likely N-dealkylation sites (N-methyl/N-ethyl adjacent to an activating group) is 1. The number of nitrogens with zero attached hydrogens (tertiary/aromatic N) is 3. The smallest absolute Gasteiger partial charge is 0.343 e. The number of rotatable bonds is 7. The van der Waals surface area contributed by atoms with Crippen LogP contribution < -0.4 is 0 Å². The van der Waals surface area contributed by atoms with Crippen molar-refractivity contribution in [1.29, 1.82) is 0 Å². The summed E-state index contributed by atoms with van der Waals surface area (Å²) in [6, 6.07) is 13.6. The van der Waals surface area contributed by atoms with E-state index in [1.54, 1.807) is 0 Å². The molecular weight excluding hydrogens is 515 g/mol. The molecule has 2 aliphatic heterocycles. The van der Waals surface area contributed by atoms with Crippen molar-refractivity contribution in [2.24, 2.45) is 0 Å². The number of hydrogen-bond acceptors (Lipinski definition) is 4. The number of alkyl halides is 3. The molecule has 38 heavy (non-hydrogen) atoms. The third-order valence-electron chi connectivity index (χ3n) is 8.12. The first-order chi connectivity index (χ1) is 17.9. The van der Waals surface area contributed by atoms with Gasteiger partial charge in [0, 0.05) is 37.6 Å². The van der Waals surface area contributed by atoms with Gasteiger partial charge in [-0.2, -0.15) is 17.5 Å². The third kappa shape index (κ3) is 6.24. The number of carbonyl (C=O) groups is 1. The number of benzene rings is 2. The summed E-state index contributed by atoms with van der Waals surface area (Å²) in [6.45, 7) is 1.35. The molecule has 0 radical (unpaired) electrons. The molecule has 1 unspecified atom stereocenters. The van der Waals surface area contributed by atoms with E-state index in [4.69, 9.17) is 0 Å². The summed E-state index contributed by atoms with van der Waals surface area (Å²) in [5.74, 6) is -0.104. The van der Waals surface area contributed by atoms with Crippen LogP contribution in [0, 0.1) is 0 Å². The number of piperidine rings is 2. The van der Waals surface area contributed by atoms with Crippen molar-refractivity contribution in [2.75, 3.05) is 33.7 Å². The molecule has 2 saturated heterocycles. The second-order valence-electron chi connectivity index (χ2n) is 10.7. The Morgan fingerprint density at radius 1 is 1.00 bits per heavy atom. The zero-order chi connectivity index (χ0) is 27.6. The predicted octanol–water partition coefficient (Wildman–Crippen LogP) is 4.80. The number of halogens is 3. The fourth-order valence-electron chi connectivity index (χ4n) is 5.72. The minimum atomic E-state index is -4.64. The van der Waals surface area contributed by atoms with Crippen LogP contribution in [-0.2, 0) is 27.4 Å². The lowest BCUT2D eigenvalue weighted by Gasteiger charge is -2.47. The Kier molecular flexibility index (Phi) is 8.54. The van der Waals surface area contributed by atoms with Crippen LogP contribution in [0.15, 0.2) is 59.5 Å². The van der Waals surface area contributed by atoms with E-state index in [9.17, 15) is 26.4 Å². The van der Waals surface area contributed by atoms with Crippen molar-refractivity contribution >= 4 is 15.9 Å². The van der Waals surface area contributed by atoms with Gasteiger partial charge in [0.05, 0.1) is 10.5 Å². The van der Waals surface area contributed by atoms with Gasteiger partial charge in [-0.1, -0.05) is 42.8 Å². The maximum absolute atomic E-state index is 13.4. The van der Waals surface area contributed by atoms with Crippen molar-refractivity contribution in [3.8, 4) is 0 Å². The molecule has 0 spiro atoms. The molecule has 1 atom stereocenters. The van der Waals surface area contributed by atoms with Gasteiger partial charge in [0.25, 0.3) is 0 Å². The molecule has 2 aromatic rings. The lowest BCUT2D eigenvalue weighted by molar-refractivity contribution is -0.137. The van der Waals surface area contributed by atoms with Gasteiger partial charge in [-0.05, 0) is 70.0 Å². The molecule has 0 N–H and O–H groups in total. The lowest BCUT2D eigenvalue weighted by Crippen LogP contribution is -2.55. The van der Waals surface area contributed by atoms with Gasteiger partial charge < -0.3 is 9.80 Å². The first kappa shape index (κ1) is 28.6. The highest BCUT2D eigenvalue weighted by atomic mass is 32.2. The summed E-state index contributed by atoms with van der Waals surface area (Å²) >= 11 is 0. The van der Waals surface area contributed by atoms with Gasteiger partial charge in [-0.15, -0.1) is 0 Å². The van der Waals surface area contributed by atoms with Crippen LogP contribution in [0.2, 0.25) is 0 Å². The quantitative estimate of drug-likeness (QED) is 0.496. The van der Waals surface area contributed by atoms with E-state index in [0.29, 0.717) is 32.0 Å². The van der Waals surface area contributed by atoms with E-state index in [1.807, 2.05) is 23.1 Å². The van der Waals surface area contributed by atoms with Crippen LogP contribution >= 0.6 is 0 Å². The van der Waals surface area contributed by atoms with Crippen LogP contribution in [0.4, 0.5) is 13.2 Å². The van der Waals surface area contributed by atoms with Crippen LogP contribution in [-0.4, -0.2) is 73.7 Å². The van der Waals surface area contributed by atoms with Gasteiger partial charge in [0.15, 0.2) is 0 Å². The minimum absolute atomic E-state index is 0.0336. The molecule has 0 aliphatic carbocycles. The summed E-state index contributed by atoms with van der Waals surface area (Å²) < 4.78 is 67.7. The highest BCUT2D eigenvalue weighted by molar-refractivity contribution is 7.89. The Bertz CT molecular complexity index is 1210. The highest BCUT2D eigenvalue weighted by Crippen LogP contribution is 2.34. The summed E-state index contributed by atoms with van der Waals surface area (Å²) in [7, 11) is -0.0420. The molecule has 208 valence electrons. The lowest BCUT2D eigenvalue weighted by atomic mass is 9.80. The zero-order valence-electron chi connectivity index (χ0n) is 22.0. The maximum atomic E-state index is 13.4. The topological polar surface area (TPSA) is 60.9 Å². The molecule has 2 aromatic carbocycles. The van der Waals surface area contributed by atoms with E-state index in [-0.39, 0.29) is 29.3 Å². The fourth-order valence-corrected chi connectivity index (χ4v) is 7.46. The van der Waals surface area contributed by atoms with Crippen molar-refractivity contribution in [3.05, 3.63) is 65.7 Å². The van der Waals surface area contributed by atoms with Crippen molar-refractivity contribution in [2.45, 2.75) is 67.6 Å². The normalized spacial score (nSPS) is 21.0. The summed E-state index contributed by atoms with van der Waals surface area (Å²) in [4.78, 5) is 17.0. The van der Waals surface area contributed by atoms with E-state index < -0.39 is 27.8 Å².